The monoisotopic (exact) mass is 290 g/mol. The molecule has 1 aromatic carbocycles. The lowest BCUT2D eigenvalue weighted by Crippen LogP contribution is -2.43. The number of piperidine rings is 1. The molecule has 0 bridgehead atoms. The zero-order valence-electron chi connectivity index (χ0n) is 13.2. The summed E-state index contributed by atoms with van der Waals surface area (Å²) in [6, 6.07) is 10.2. The van der Waals surface area contributed by atoms with Crippen molar-refractivity contribution in [3.63, 3.8) is 0 Å². The van der Waals surface area contributed by atoms with Crippen LogP contribution in [0.4, 0.5) is 4.79 Å². The van der Waals surface area contributed by atoms with E-state index in [1.807, 2.05) is 39.0 Å². The van der Waals surface area contributed by atoms with Gasteiger partial charge in [0.25, 0.3) is 0 Å². The van der Waals surface area contributed by atoms with Crippen molar-refractivity contribution < 1.29 is 9.53 Å². The maximum absolute atomic E-state index is 12.0. The van der Waals surface area contributed by atoms with Gasteiger partial charge in [-0.1, -0.05) is 30.3 Å². The molecule has 1 unspecified atom stereocenters. The summed E-state index contributed by atoms with van der Waals surface area (Å²) in [5, 5.41) is 0. The summed E-state index contributed by atoms with van der Waals surface area (Å²) in [5.74, 6) is 0.422. The third kappa shape index (κ3) is 4.46. The van der Waals surface area contributed by atoms with Crippen LogP contribution in [-0.2, 0) is 4.74 Å². The fourth-order valence-corrected chi connectivity index (χ4v) is 2.72. The van der Waals surface area contributed by atoms with E-state index in [0.717, 1.165) is 25.9 Å². The molecule has 1 aliphatic rings. The van der Waals surface area contributed by atoms with Gasteiger partial charge in [0.2, 0.25) is 0 Å². The number of benzene rings is 1. The maximum Gasteiger partial charge on any atom is 0.410 e. The van der Waals surface area contributed by atoms with Crippen molar-refractivity contribution in [2.75, 3.05) is 13.1 Å². The third-order valence-electron chi connectivity index (χ3n) is 3.88. The molecule has 1 saturated heterocycles. The zero-order chi connectivity index (χ0) is 15.5. The molecule has 0 saturated carbocycles. The number of rotatable bonds is 2. The molecule has 0 aromatic heterocycles. The molecule has 21 heavy (non-hydrogen) atoms. The molecule has 2 N–H and O–H groups in total. The first-order valence-electron chi connectivity index (χ1n) is 7.65. The molecule has 1 fully saturated rings. The number of hydrogen-bond donors (Lipinski definition) is 1. The lowest BCUT2D eigenvalue weighted by atomic mass is 9.86. The van der Waals surface area contributed by atoms with Gasteiger partial charge in [-0.3, -0.25) is 0 Å². The van der Waals surface area contributed by atoms with Crippen LogP contribution in [0.3, 0.4) is 0 Å². The number of amides is 1. The topological polar surface area (TPSA) is 55.6 Å². The van der Waals surface area contributed by atoms with Crippen molar-refractivity contribution in [1.29, 1.82) is 0 Å². The summed E-state index contributed by atoms with van der Waals surface area (Å²) < 4.78 is 5.41. The molecule has 1 aliphatic heterocycles. The number of carbonyl (C=O) groups is 1. The summed E-state index contributed by atoms with van der Waals surface area (Å²) in [5.41, 5.74) is 7.10. The Bertz CT molecular complexity index is 459. The Balaban J connectivity index is 1.87. The van der Waals surface area contributed by atoms with Gasteiger partial charge in [-0.2, -0.15) is 0 Å². The predicted molar refractivity (Wildman–Crippen MR) is 83.9 cm³/mol. The standard InChI is InChI=1S/C17H26N2O2/c1-17(2,3)21-16(20)19-11-9-14(10-12-19)15(18)13-7-5-4-6-8-13/h4-8,14-15H,9-12,18H2,1-3H3. The van der Waals surface area contributed by atoms with Gasteiger partial charge in [-0.05, 0) is 45.1 Å². The van der Waals surface area contributed by atoms with E-state index in [4.69, 9.17) is 10.5 Å². The molecule has 2 rings (SSSR count). The van der Waals surface area contributed by atoms with E-state index in [0.29, 0.717) is 5.92 Å². The van der Waals surface area contributed by atoms with Crippen molar-refractivity contribution in [3.8, 4) is 0 Å². The molecule has 4 nitrogen and oxygen atoms in total. The Morgan fingerprint density at radius 1 is 1.24 bits per heavy atom. The molecule has 4 heteroatoms. The molecule has 1 atom stereocenters. The van der Waals surface area contributed by atoms with Crippen molar-refractivity contribution in [1.82, 2.24) is 4.90 Å². The van der Waals surface area contributed by atoms with Gasteiger partial charge in [0.15, 0.2) is 0 Å². The van der Waals surface area contributed by atoms with Crippen LogP contribution in [-0.4, -0.2) is 29.7 Å². The summed E-state index contributed by atoms with van der Waals surface area (Å²) in [6.07, 6.45) is 1.64. The van der Waals surface area contributed by atoms with Crippen LogP contribution in [0.15, 0.2) is 30.3 Å². The predicted octanol–water partition coefficient (Wildman–Crippen LogP) is 3.33. The van der Waals surface area contributed by atoms with Gasteiger partial charge in [0.05, 0.1) is 0 Å². The number of nitrogens with two attached hydrogens (primary N) is 1. The molecule has 0 spiro atoms. The Labute approximate surface area is 127 Å². The molecule has 1 heterocycles. The SMILES string of the molecule is CC(C)(C)OC(=O)N1CCC(C(N)c2ccccc2)CC1. The molecular formula is C17H26N2O2. The van der Waals surface area contributed by atoms with Gasteiger partial charge in [0.1, 0.15) is 5.60 Å². The van der Waals surface area contributed by atoms with Crippen LogP contribution >= 0.6 is 0 Å². The zero-order valence-corrected chi connectivity index (χ0v) is 13.2. The van der Waals surface area contributed by atoms with Gasteiger partial charge in [0, 0.05) is 19.1 Å². The first-order chi connectivity index (χ1) is 9.87. The van der Waals surface area contributed by atoms with E-state index in [9.17, 15) is 4.79 Å². The minimum Gasteiger partial charge on any atom is -0.444 e. The minimum absolute atomic E-state index is 0.0481. The van der Waals surface area contributed by atoms with Crippen LogP contribution < -0.4 is 5.73 Å². The summed E-state index contributed by atoms with van der Waals surface area (Å²) >= 11 is 0. The fraction of sp³-hybridized carbons (Fsp3) is 0.588. The van der Waals surface area contributed by atoms with Crippen molar-refractivity contribution in [3.05, 3.63) is 35.9 Å². The van der Waals surface area contributed by atoms with Crippen LogP contribution in [0.2, 0.25) is 0 Å². The second-order valence-corrected chi connectivity index (χ2v) is 6.74. The first-order valence-corrected chi connectivity index (χ1v) is 7.65. The van der Waals surface area contributed by atoms with E-state index in [-0.39, 0.29) is 12.1 Å². The highest BCUT2D eigenvalue weighted by atomic mass is 16.6. The number of likely N-dealkylation sites (tertiary alicyclic amines) is 1. The Hall–Kier alpha value is -1.55. The smallest absolute Gasteiger partial charge is 0.410 e. The second kappa shape index (κ2) is 6.48. The quantitative estimate of drug-likeness (QED) is 0.909. The van der Waals surface area contributed by atoms with Crippen LogP contribution in [0.25, 0.3) is 0 Å². The third-order valence-corrected chi connectivity index (χ3v) is 3.88. The van der Waals surface area contributed by atoms with Crippen LogP contribution in [0, 0.1) is 5.92 Å². The first kappa shape index (κ1) is 15.8. The summed E-state index contributed by atoms with van der Waals surface area (Å²) in [6.45, 7) is 7.12. The van der Waals surface area contributed by atoms with Gasteiger partial charge >= 0.3 is 6.09 Å². The van der Waals surface area contributed by atoms with E-state index in [2.05, 4.69) is 12.1 Å². The lowest BCUT2D eigenvalue weighted by molar-refractivity contribution is 0.0174. The highest BCUT2D eigenvalue weighted by Gasteiger charge is 2.29. The number of hydrogen-bond acceptors (Lipinski definition) is 3. The molecule has 116 valence electrons. The average molecular weight is 290 g/mol. The molecular weight excluding hydrogens is 264 g/mol. The van der Waals surface area contributed by atoms with Gasteiger partial charge in [-0.25, -0.2) is 4.79 Å². The average Bonchev–Trinajstić information content (AvgIpc) is 2.46. The van der Waals surface area contributed by atoms with Crippen LogP contribution in [0.1, 0.15) is 45.2 Å². The number of nitrogens with zero attached hydrogens (tertiary/aromatic N) is 1. The fourth-order valence-electron chi connectivity index (χ4n) is 2.72. The molecule has 1 amide bonds. The van der Waals surface area contributed by atoms with Crippen molar-refractivity contribution >= 4 is 6.09 Å². The maximum atomic E-state index is 12.0. The van der Waals surface area contributed by atoms with Gasteiger partial charge in [-0.15, -0.1) is 0 Å². The Morgan fingerprint density at radius 3 is 2.33 bits per heavy atom. The Morgan fingerprint density at radius 2 is 1.81 bits per heavy atom. The van der Waals surface area contributed by atoms with Crippen LogP contribution in [0.5, 0.6) is 0 Å². The minimum atomic E-state index is -0.436. The highest BCUT2D eigenvalue weighted by molar-refractivity contribution is 5.68. The van der Waals surface area contributed by atoms with E-state index < -0.39 is 5.60 Å². The van der Waals surface area contributed by atoms with E-state index in [1.54, 1.807) is 4.90 Å². The second-order valence-electron chi connectivity index (χ2n) is 6.74. The summed E-state index contributed by atoms with van der Waals surface area (Å²) in [4.78, 5) is 13.8. The van der Waals surface area contributed by atoms with Gasteiger partial charge < -0.3 is 15.4 Å². The van der Waals surface area contributed by atoms with Crippen molar-refractivity contribution in [2.45, 2.75) is 45.3 Å². The van der Waals surface area contributed by atoms with Crippen molar-refractivity contribution in [2.24, 2.45) is 11.7 Å². The lowest BCUT2D eigenvalue weighted by Gasteiger charge is -2.35. The largest absolute Gasteiger partial charge is 0.444 e. The summed E-state index contributed by atoms with van der Waals surface area (Å²) in [7, 11) is 0. The molecule has 1 aromatic rings. The van der Waals surface area contributed by atoms with E-state index in [1.165, 1.54) is 5.56 Å². The number of carbonyl (C=O) groups excluding carboxylic acids is 1. The molecule has 0 aliphatic carbocycles. The normalized spacial score (nSPS) is 18.4. The van der Waals surface area contributed by atoms with E-state index >= 15 is 0 Å². The number of ether oxygens (including phenoxy) is 1. The highest BCUT2D eigenvalue weighted by Crippen LogP contribution is 2.29. The molecule has 0 radical (unpaired) electrons. The Kier molecular flexibility index (Phi) is 4.88.